The van der Waals surface area contributed by atoms with E-state index < -0.39 is 5.60 Å². The van der Waals surface area contributed by atoms with Gasteiger partial charge in [0, 0.05) is 38.7 Å². The van der Waals surface area contributed by atoms with Gasteiger partial charge >= 0.3 is 0 Å². The minimum Gasteiger partial charge on any atom is -0.482 e. The Morgan fingerprint density at radius 3 is 2.88 bits per heavy atom. The summed E-state index contributed by atoms with van der Waals surface area (Å²) in [6, 6.07) is 0. The van der Waals surface area contributed by atoms with E-state index in [4.69, 9.17) is 9.47 Å². The second-order valence-electron chi connectivity index (χ2n) is 7.70. The van der Waals surface area contributed by atoms with Gasteiger partial charge < -0.3 is 14.8 Å². The first-order chi connectivity index (χ1) is 11.2. The van der Waals surface area contributed by atoms with E-state index in [1.165, 1.54) is 6.08 Å². The lowest BCUT2D eigenvalue weighted by Gasteiger charge is -2.34. The van der Waals surface area contributed by atoms with Crippen LogP contribution in [0.3, 0.4) is 0 Å². The molecule has 2 aliphatic heterocycles. The smallest absolute Gasteiger partial charge is 0.286 e. The van der Waals surface area contributed by atoms with Crippen molar-refractivity contribution in [2.45, 2.75) is 52.2 Å². The second kappa shape index (κ2) is 8.12. The molecule has 1 saturated heterocycles. The Morgan fingerprint density at radius 1 is 1.46 bits per heavy atom. The second-order valence-corrected chi connectivity index (χ2v) is 7.70. The van der Waals surface area contributed by atoms with E-state index in [1.807, 2.05) is 13.8 Å². The quantitative estimate of drug-likeness (QED) is 0.795. The number of carbonyl (C=O) groups excluding carboxylic acids is 2. The summed E-state index contributed by atoms with van der Waals surface area (Å²) >= 11 is 0. The summed E-state index contributed by atoms with van der Waals surface area (Å²) in [5.41, 5.74) is -0.623. The van der Waals surface area contributed by atoms with Crippen molar-refractivity contribution in [3.05, 3.63) is 11.8 Å². The van der Waals surface area contributed by atoms with Crippen LogP contribution in [0.1, 0.15) is 40.5 Å². The summed E-state index contributed by atoms with van der Waals surface area (Å²) in [6.45, 7) is 12.2. The molecule has 0 spiro atoms. The number of hydrogen-bond acceptors (Lipinski definition) is 5. The minimum atomic E-state index is -0.623. The number of rotatable bonds is 6. The monoisotopic (exact) mass is 338 g/mol. The maximum atomic E-state index is 12.2. The van der Waals surface area contributed by atoms with Crippen molar-refractivity contribution >= 4 is 11.7 Å². The maximum Gasteiger partial charge on any atom is 0.286 e. The van der Waals surface area contributed by atoms with Crippen molar-refractivity contribution in [3.8, 4) is 0 Å². The zero-order chi connectivity index (χ0) is 17.7. The van der Waals surface area contributed by atoms with Crippen LogP contribution in [-0.4, -0.2) is 61.1 Å². The number of ether oxygens (including phenoxy) is 2. The van der Waals surface area contributed by atoms with Crippen LogP contribution in [0.2, 0.25) is 0 Å². The zero-order valence-electron chi connectivity index (χ0n) is 15.3. The van der Waals surface area contributed by atoms with Gasteiger partial charge in [0.25, 0.3) is 5.91 Å². The van der Waals surface area contributed by atoms with Gasteiger partial charge in [0.05, 0.1) is 12.7 Å². The van der Waals surface area contributed by atoms with E-state index in [1.54, 1.807) is 0 Å². The molecule has 1 N–H and O–H groups in total. The fraction of sp³-hybridized carbons (Fsp3) is 0.778. The minimum absolute atomic E-state index is 0.0728. The Bertz CT molecular complexity index is 499. The Hall–Kier alpha value is -1.40. The van der Waals surface area contributed by atoms with Gasteiger partial charge in [-0.05, 0) is 26.2 Å². The van der Waals surface area contributed by atoms with Crippen molar-refractivity contribution in [3.63, 3.8) is 0 Å². The molecule has 0 radical (unpaired) electrons. The van der Waals surface area contributed by atoms with Gasteiger partial charge in [0.2, 0.25) is 0 Å². The van der Waals surface area contributed by atoms with Gasteiger partial charge in [0.1, 0.15) is 5.60 Å². The molecule has 0 aromatic rings. The van der Waals surface area contributed by atoms with Gasteiger partial charge in [0.15, 0.2) is 11.5 Å². The van der Waals surface area contributed by atoms with Crippen LogP contribution < -0.4 is 5.32 Å². The topological polar surface area (TPSA) is 67.9 Å². The standard InChI is InChI=1S/C18H30N2O4/c1-13(2)11-20-7-8-23-15(12-20)5-6-19-17(22)16-9-14(21)10-18(3,4)24-16/h9,13,15H,5-8,10-12H2,1-4H3,(H,19,22)/t15-/m0/s1. The summed E-state index contributed by atoms with van der Waals surface area (Å²) < 4.78 is 11.4. The number of carbonyl (C=O) groups is 2. The van der Waals surface area contributed by atoms with Crippen molar-refractivity contribution in [1.82, 2.24) is 10.2 Å². The van der Waals surface area contributed by atoms with Gasteiger partial charge in [-0.15, -0.1) is 0 Å². The zero-order valence-corrected chi connectivity index (χ0v) is 15.3. The normalized spacial score (nSPS) is 24.5. The SMILES string of the molecule is CC(C)CN1CCO[C@@H](CCNC(=O)C2=CC(=O)CC(C)(C)O2)C1. The van der Waals surface area contributed by atoms with Crippen molar-refractivity contribution in [2.75, 3.05) is 32.8 Å². The van der Waals surface area contributed by atoms with E-state index in [-0.39, 0.29) is 23.6 Å². The molecule has 1 atom stereocenters. The first-order valence-corrected chi connectivity index (χ1v) is 8.81. The maximum absolute atomic E-state index is 12.2. The van der Waals surface area contributed by atoms with Crippen LogP contribution in [0.4, 0.5) is 0 Å². The molecule has 0 aromatic carbocycles. The highest BCUT2D eigenvalue weighted by molar-refractivity contribution is 6.01. The highest BCUT2D eigenvalue weighted by Crippen LogP contribution is 2.24. The number of amides is 1. The lowest BCUT2D eigenvalue weighted by molar-refractivity contribution is -0.131. The third-order valence-electron chi connectivity index (χ3n) is 4.10. The molecule has 1 amide bonds. The molecule has 2 rings (SSSR count). The lowest BCUT2D eigenvalue weighted by atomic mass is 9.98. The average Bonchev–Trinajstić information content (AvgIpc) is 2.44. The highest BCUT2D eigenvalue weighted by atomic mass is 16.5. The highest BCUT2D eigenvalue weighted by Gasteiger charge is 2.31. The molecule has 1 fully saturated rings. The Kier molecular flexibility index (Phi) is 6.40. The summed E-state index contributed by atoms with van der Waals surface area (Å²) in [7, 11) is 0. The Balaban J connectivity index is 1.75. The van der Waals surface area contributed by atoms with E-state index >= 15 is 0 Å². The molecule has 24 heavy (non-hydrogen) atoms. The molecule has 6 heteroatoms. The van der Waals surface area contributed by atoms with Crippen LogP contribution >= 0.6 is 0 Å². The molecule has 0 unspecified atom stereocenters. The van der Waals surface area contributed by atoms with E-state index in [2.05, 4.69) is 24.1 Å². The van der Waals surface area contributed by atoms with Crippen LogP contribution in [0.25, 0.3) is 0 Å². The summed E-state index contributed by atoms with van der Waals surface area (Å²) in [4.78, 5) is 26.3. The molecule has 2 aliphatic rings. The number of allylic oxidation sites excluding steroid dienone is 1. The number of nitrogens with zero attached hydrogens (tertiary/aromatic N) is 1. The van der Waals surface area contributed by atoms with Gasteiger partial charge in [-0.3, -0.25) is 14.5 Å². The Labute approximate surface area is 144 Å². The van der Waals surface area contributed by atoms with Crippen molar-refractivity contribution < 1.29 is 19.1 Å². The molecule has 0 saturated carbocycles. The lowest BCUT2D eigenvalue weighted by Crippen LogP contribution is -2.45. The van der Waals surface area contributed by atoms with E-state index in [9.17, 15) is 9.59 Å². The molecule has 0 aliphatic carbocycles. The van der Waals surface area contributed by atoms with Crippen LogP contribution in [0, 0.1) is 5.92 Å². The number of ketones is 1. The summed E-state index contributed by atoms with van der Waals surface area (Å²) in [6.07, 6.45) is 2.48. The van der Waals surface area contributed by atoms with E-state index in [0.29, 0.717) is 18.9 Å². The first kappa shape index (κ1) is 18.9. The van der Waals surface area contributed by atoms with Crippen molar-refractivity contribution in [2.24, 2.45) is 5.92 Å². The van der Waals surface area contributed by atoms with Crippen LogP contribution in [0.5, 0.6) is 0 Å². The fourth-order valence-electron chi connectivity index (χ4n) is 3.16. The molecule has 6 nitrogen and oxygen atoms in total. The van der Waals surface area contributed by atoms with E-state index in [0.717, 1.165) is 32.7 Å². The fourth-order valence-corrected chi connectivity index (χ4v) is 3.16. The van der Waals surface area contributed by atoms with Crippen LogP contribution in [0.15, 0.2) is 11.8 Å². The average molecular weight is 338 g/mol. The molecule has 136 valence electrons. The number of nitrogens with one attached hydrogen (secondary N) is 1. The third kappa shape index (κ3) is 5.91. The number of hydrogen-bond donors (Lipinski definition) is 1. The molecular weight excluding hydrogens is 308 g/mol. The van der Waals surface area contributed by atoms with Crippen LogP contribution in [-0.2, 0) is 19.1 Å². The predicted octanol–water partition coefficient (Wildman–Crippen LogP) is 1.50. The molecule has 0 aromatic heterocycles. The summed E-state index contributed by atoms with van der Waals surface area (Å²) in [5.74, 6) is 0.351. The van der Waals surface area contributed by atoms with Gasteiger partial charge in [-0.25, -0.2) is 0 Å². The molecule has 0 bridgehead atoms. The number of morpholine rings is 1. The van der Waals surface area contributed by atoms with Gasteiger partial charge in [-0.1, -0.05) is 13.8 Å². The molecular formula is C18H30N2O4. The van der Waals surface area contributed by atoms with Crippen molar-refractivity contribution in [1.29, 1.82) is 0 Å². The third-order valence-corrected chi connectivity index (χ3v) is 4.10. The Morgan fingerprint density at radius 2 is 2.21 bits per heavy atom. The van der Waals surface area contributed by atoms with Gasteiger partial charge in [-0.2, -0.15) is 0 Å². The first-order valence-electron chi connectivity index (χ1n) is 8.81. The molecule has 2 heterocycles. The predicted molar refractivity (Wildman–Crippen MR) is 91.5 cm³/mol. The summed E-state index contributed by atoms with van der Waals surface area (Å²) in [5, 5.41) is 2.83. The largest absolute Gasteiger partial charge is 0.482 e.